The Morgan fingerprint density at radius 1 is 1.00 bits per heavy atom. The van der Waals surface area contributed by atoms with E-state index in [0.717, 1.165) is 28.0 Å². The van der Waals surface area contributed by atoms with E-state index in [0.29, 0.717) is 6.61 Å². The molecule has 0 spiro atoms. The molecule has 2 aromatic carbocycles. The Bertz CT molecular complexity index is 853. The van der Waals surface area contributed by atoms with Crippen LogP contribution in [0.3, 0.4) is 0 Å². The van der Waals surface area contributed by atoms with Crippen LogP contribution in [0.15, 0.2) is 47.6 Å². The lowest BCUT2D eigenvalue weighted by atomic mass is 10.1. The molecule has 0 aliphatic heterocycles. The molecule has 0 saturated heterocycles. The van der Waals surface area contributed by atoms with E-state index in [1.165, 1.54) is 16.7 Å². The summed E-state index contributed by atoms with van der Waals surface area (Å²) in [6.07, 6.45) is 0. The van der Waals surface area contributed by atoms with Crippen LogP contribution in [0.5, 0.6) is 5.75 Å². The van der Waals surface area contributed by atoms with Gasteiger partial charge in [-0.3, -0.25) is 0 Å². The molecule has 0 fully saturated rings. The van der Waals surface area contributed by atoms with Crippen molar-refractivity contribution in [2.75, 3.05) is 12.4 Å². The van der Waals surface area contributed by atoms with Gasteiger partial charge in [-0.2, -0.15) is 0 Å². The van der Waals surface area contributed by atoms with Gasteiger partial charge < -0.3 is 9.30 Å². The van der Waals surface area contributed by atoms with Crippen molar-refractivity contribution in [3.05, 3.63) is 59.2 Å². The second kappa shape index (κ2) is 7.74. The number of aromatic nitrogens is 3. The molecule has 0 saturated carbocycles. The van der Waals surface area contributed by atoms with Gasteiger partial charge in [0.25, 0.3) is 0 Å². The van der Waals surface area contributed by atoms with Crippen molar-refractivity contribution in [2.45, 2.75) is 25.9 Å². The highest BCUT2D eigenvalue weighted by molar-refractivity contribution is 7.99. The standard InChI is InChI=1S/C20H23N3OS/c1-14-11-15(2)13-17(12-14)24-9-10-25-20-22-21-19(23(20)4)18-8-6-5-7-16(18)3/h5-8,11-13H,9-10H2,1-4H3. The summed E-state index contributed by atoms with van der Waals surface area (Å²) < 4.78 is 7.91. The average Bonchev–Trinajstić information content (AvgIpc) is 2.92. The monoisotopic (exact) mass is 353 g/mol. The molecule has 3 rings (SSSR count). The van der Waals surface area contributed by atoms with Crippen LogP contribution in [0.25, 0.3) is 11.4 Å². The summed E-state index contributed by atoms with van der Waals surface area (Å²) >= 11 is 1.66. The Morgan fingerprint density at radius 2 is 1.72 bits per heavy atom. The first-order chi connectivity index (χ1) is 12.0. The first-order valence-corrected chi connectivity index (χ1v) is 9.32. The Balaban J connectivity index is 1.60. The van der Waals surface area contributed by atoms with Gasteiger partial charge >= 0.3 is 0 Å². The zero-order valence-corrected chi connectivity index (χ0v) is 15.9. The normalized spacial score (nSPS) is 10.9. The van der Waals surface area contributed by atoms with Crippen LogP contribution in [0.1, 0.15) is 16.7 Å². The van der Waals surface area contributed by atoms with Gasteiger partial charge in [0.15, 0.2) is 11.0 Å². The summed E-state index contributed by atoms with van der Waals surface area (Å²) in [7, 11) is 2.01. The number of hydrogen-bond donors (Lipinski definition) is 0. The van der Waals surface area contributed by atoms with E-state index in [-0.39, 0.29) is 0 Å². The van der Waals surface area contributed by atoms with E-state index in [2.05, 4.69) is 61.3 Å². The second-order valence-electron chi connectivity index (χ2n) is 6.20. The van der Waals surface area contributed by atoms with Crippen molar-refractivity contribution < 1.29 is 4.74 Å². The number of nitrogens with zero attached hydrogens (tertiary/aromatic N) is 3. The molecule has 0 unspecified atom stereocenters. The molecule has 4 nitrogen and oxygen atoms in total. The van der Waals surface area contributed by atoms with Gasteiger partial charge in [-0.1, -0.05) is 42.1 Å². The number of rotatable bonds is 6. The van der Waals surface area contributed by atoms with Gasteiger partial charge in [0, 0.05) is 18.4 Å². The highest BCUT2D eigenvalue weighted by atomic mass is 32.2. The van der Waals surface area contributed by atoms with E-state index in [9.17, 15) is 0 Å². The Labute approximate surface area is 153 Å². The van der Waals surface area contributed by atoms with Gasteiger partial charge in [-0.05, 0) is 49.6 Å². The van der Waals surface area contributed by atoms with Gasteiger partial charge in [0.2, 0.25) is 0 Å². The molecule has 1 aromatic heterocycles. The SMILES string of the molecule is Cc1cc(C)cc(OCCSc2nnc(-c3ccccc3C)n2C)c1. The molecule has 130 valence electrons. The average molecular weight is 353 g/mol. The molecule has 5 heteroatoms. The maximum atomic E-state index is 5.86. The van der Waals surface area contributed by atoms with Crippen LogP contribution < -0.4 is 4.74 Å². The maximum Gasteiger partial charge on any atom is 0.191 e. The summed E-state index contributed by atoms with van der Waals surface area (Å²) in [6, 6.07) is 14.5. The molecule has 1 heterocycles. The van der Waals surface area contributed by atoms with E-state index in [1.54, 1.807) is 11.8 Å². The zero-order valence-electron chi connectivity index (χ0n) is 15.1. The van der Waals surface area contributed by atoms with Crippen LogP contribution in [-0.4, -0.2) is 27.1 Å². The lowest BCUT2D eigenvalue weighted by Gasteiger charge is -2.08. The number of hydrogen-bond acceptors (Lipinski definition) is 4. The third-order valence-corrected chi connectivity index (χ3v) is 4.98. The third kappa shape index (κ3) is 4.23. The zero-order chi connectivity index (χ0) is 17.8. The Morgan fingerprint density at radius 3 is 2.44 bits per heavy atom. The Hall–Kier alpha value is -2.27. The molecule has 0 radical (unpaired) electrons. The van der Waals surface area contributed by atoms with Gasteiger partial charge in [0.1, 0.15) is 5.75 Å². The van der Waals surface area contributed by atoms with Crippen molar-refractivity contribution in [3.63, 3.8) is 0 Å². The third-order valence-electron chi connectivity index (χ3n) is 4.00. The largest absolute Gasteiger partial charge is 0.493 e. The van der Waals surface area contributed by atoms with E-state index in [1.807, 2.05) is 23.7 Å². The number of aryl methyl sites for hydroxylation is 3. The maximum absolute atomic E-state index is 5.86. The van der Waals surface area contributed by atoms with E-state index >= 15 is 0 Å². The fraction of sp³-hybridized carbons (Fsp3) is 0.300. The summed E-state index contributed by atoms with van der Waals surface area (Å²) in [4.78, 5) is 0. The van der Waals surface area contributed by atoms with Crippen LogP contribution >= 0.6 is 11.8 Å². The highest BCUT2D eigenvalue weighted by Crippen LogP contribution is 2.25. The van der Waals surface area contributed by atoms with Crippen LogP contribution in [0.4, 0.5) is 0 Å². The summed E-state index contributed by atoms with van der Waals surface area (Å²) in [6.45, 7) is 6.90. The minimum Gasteiger partial charge on any atom is -0.493 e. The van der Waals surface area contributed by atoms with Crippen molar-refractivity contribution in [3.8, 4) is 17.1 Å². The first-order valence-electron chi connectivity index (χ1n) is 8.34. The number of benzene rings is 2. The van der Waals surface area contributed by atoms with Crippen molar-refractivity contribution >= 4 is 11.8 Å². The van der Waals surface area contributed by atoms with Crippen molar-refractivity contribution in [2.24, 2.45) is 7.05 Å². The van der Waals surface area contributed by atoms with Crippen molar-refractivity contribution in [1.29, 1.82) is 0 Å². The summed E-state index contributed by atoms with van der Waals surface area (Å²) in [5.74, 6) is 2.65. The fourth-order valence-electron chi connectivity index (χ4n) is 2.81. The molecular weight excluding hydrogens is 330 g/mol. The fourth-order valence-corrected chi connectivity index (χ4v) is 3.54. The van der Waals surface area contributed by atoms with Crippen LogP contribution in [-0.2, 0) is 7.05 Å². The second-order valence-corrected chi connectivity index (χ2v) is 7.26. The summed E-state index contributed by atoms with van der Waals surface area (Å²) in [5, 5.41) is 9.59. The van der Waals surface area contributed by atoms with E-state index in [4.69, 9.17) is 4.74 Å². The predicted molar refractivity (Wildman–Crippen MR) is 103 cm³/mol. The molecule has 0 N–H and O–H groups in total. The first kappa shape index (κ1) is 17.5. The lowest BCUT2D eigenvalue weighted by Crippen LogP contribution is -2.02. The lowest BCUT2D eigenvalue weighted by molar-refractivity contribution is 0.343. The quantitative estimate of drug-likeness (QED) is 0.480. The predicted octanol–water partition coefficient (Wildman–Crippen LogP) is 4.58. The van der Waals surface area contributed by atoms with E-state index < -0.39 is 0 Å². The molecule has 0 aliphatic rings. The summed E-state index contributed by atoms with van der Waals surface area (Å²) in [5.41, 5.74) is 4.76. The molecular formula is C20H23N3OS. The number of ether oxygens (including phenoxy) is 1. The van der Waals surface area contributed by atoms with Gasteiger partial charge in [-0.15, -0.1) is 10.2 Å². The molecule has 3 aromatic rings. The van der Waals surface area contributed by atoms with Crippen LogP contribution in [0.2, 0.25) is 0 Å². The molecule has 0 aliphatic carbocycles. The molecule has 0 atom stereocenters. The van der Waals surface area contributed by atoms with Gasteiger partial charge in [-0.25, -0.2) is 0 Å². The minimum atomic E-state index is 0.639. The highest BCUT2D eigenvalue weighted by Gasteiger charge is 2.12. The molecule has 0 amide bonds. The topological polar surface area (TPSA) is 39.9 Å². The molecule has 0 bridgehead atoms. The smallest absolute Gasteiger partial charge is 0.191 e. The number of thioether (sulfide) groups is 1. The Kier molecular flexibility index (Phi) is 5.43. The van der Waals surface area contributed by atoms with Gasteiger partial charge in [0.05, 0.1) is 6.61 Å². The molecule has 25 heavy (non-hydrogen) atoms. The minimum absolute atomic E-state index is 0.639. The van der Waals surface area contributed by atoms with Crippen molar-refractivity contribution in [1.82, 2.24) is 14.8 Å². The van der Waals surface area contributed by atoms with Crippen LogP contribution in [0, 0.1) is 20.8 Å².